The summed E-state index contributed by atoms with van der Waals surface area (Å²) in [6, 6.07) is 0. The van der Waals surface area contributed by atoms with Gasteiger partial charge in [-0.3, -0.25) is 0 Å². The maximum Gasteiger partial charge on any atom is 0.124 e. The summed E-state index contributed by atoms with van der Waals surface area (Å²) in [4.78, 5) is 0. The lowest BCUT2D eigenvalue weighted by Gasteiger charge is -1.93. The van der Waals surface area contributed by atoms with E-state index in [1.165, 1.54) is 3.58 Å². The Morgan fingerprint density at radius 3 is 2.75 bits per heavy atom. The Labute approximate surface area is 57.8 Å². The fourth-order valence-corrected chi connectivity index (χ4v) is 2.03. The standard InChI is InChI=1S/C6H6FI/c1-5-4-6(7)2-3-8-5/h2-4H,1H3. The van der Waals surface area contributed by atoms with E-state index in [1.54, 1.807) is 12.2 Å². The molecule has 0 N–H and O–H groups in total. The first-order valence-electron chi connectivity index (χ1n) is 2.30. The summed E-state index contributed by atoms with van der Waals surface area (Å²) < 4.78 is 15.3. The van der Waals surface area contributed by atoms with Gasteiger partial charge >= 0.3 is 0 Å². The largest absolute Gasteiger partial charge is 0.207 e. The van der Waals surface area contributed by atoms with Crippen LogP contribution in [0.5, 0.6) is 0 Å². The smallest absolute Gasteiger partial charge is 0.124 e. The lowest BCUT2D eigenvalue weighted by Crippen LogP contribution is -1.73. The quantitative estimate of drug-likeness (QED) is 0.554. The van der Waals surface area contributed by atoms with Crippen molar-refractivity contribution in [2.45, 2.75) is 6.92 Å². The monoisotopic (exact) mass is 224 g/mol. The second-order valence-electron chi connectivity index (χ2n) is 1.52. The van der Waals surface area contributed by atoms with Gasteiger partial charge in [0.2, 0.25) is 0 Å². The average Bonchev–Trinajstić information content (AvgIpc) is 1.64. The first-order valence-corrected chi connectivity index (χ1v) is 4.62. The number of hydrogen-bond donors (Lipinski definition) is 0. The van der Waals surface area contributed by atoms with Crippen LogP contribution in [0.2, 0.25) is 0 Å². The molecule has 1 heterocycles. The zero-order valence-corrected chi connectivity index (χ0v) is 6.65. The molecule has 2 heteroatoms. The molecule has 0 aromatic carbocycles. The molecular formula is C6H6FI. The Balaban J connectivity index is 2.89. The van der Waals surface area contributed by atoms with Crippen molar-refractivity contribution in [3.8, 4) is 0 Å². The van der Waals surface area contributed by atoms with Gasteiger partial charge in [-0.1, -0.05) is 20.7 Å². The molecule has 1 rings (SSSR count). The molecule has 0 nitrogen and oxygen atoms in total. The van der Waals surface area contributed by atoms with E-state index in [4.69, 9.17) is 0 Å². The summed E-state index contributed by atoms with van der Waals surface area (Å²) in [6.07, 6.45) is 3.15. The molecule has 0 aromatic heterocycles. The SMILES string of the molecule is CC1=CC(F)=CC=I1. The molecule has 0 spiro atoms. The zero-order chi connectivity index (χ0) is 5.98. The first kappa shape index (κ1) is 6.13. The zero-order valence-electron chi connectivity index (χ0n) is 4.49. The van der Waals surface area contributed by atoms with Gasteiger partial charge in [0.15, 0.2) is 0 Å². The number of halogens is 2. The van der Waals surface area contributed by atoms with Gasteiger partial charge < -0.3 is 0 Å². The normalized spacial score (nSPS) is 18.8. The van der Waals surface area contributed by atoms with Gasteiger partial charge in [-0.05, 0) is 26.7 Å². The highest BCUT2D eigenvalue weighted by atomic mass is 127. The molecule has 0 saturated heterocycles. The molecule has 44 valence electrons. The molecule has 0 radical (unpaired) electrons. The molecule has 8 heavy (non-hydrogen) atoms. The van der Waals surface area contributed by atoms with Crippen LogP contribution in [-0.2, 0) is 0 Å². The van der Waals surface area contributed by atoms with Gasteiger partial charge in [-0.15, -0.1) is 0 Å². The van der Waals surface area contributed by atoms with Crippen molar-refractivity contribution in [3.05, 3.63) is 21.6 Å². The van der Waals surface area contributed by atoms with Crippen LogP contribution in [0.4, 0.5) is 4.39 Å². The summed E-state index contributed by atoms with van der Waals surface area (Å²) in [5, 5.41) is 0. The number of hydrogen-bond acceptors (Lipinski definition) is 0. The topological polar surface area (TPSA) is 0 Å². The average molecular weight is 224 g/mol. The highest BCUT2D eigenvalue weighted by molar-refractivity contribution is 14.2. The van der Waals surface area contributed by atoms with Crippen LogP contribution in [0.25, 0.3) is 0 Å². The Kier molecular flexibility index (Phi) is 1.94. The van der Waals surface area contributed by atoms with Crippen molar-refractivity contribution < 1.29 is 4.39 Å². The van der Waals surface area contributed by atoms with E-state index < -0.39 is 0 Å². The third-order valence-corrected chi connectivity index (χ3v) is 2.81. The molecule has 0 bridgehead atoms. The van der Waals surface area contributed by atoms with Crippen LogP contribution >= 0.6 is 20.7 Å². The van der Waals surface area contributed by atoms with Gasteiger partial charge in [0.1, 0.15) is 5.83 Å². The van der Waals surface area contributed by atoms with Crippen molar-refractivity contribution in [1.29, 1.82) is 0 Å². The maximum atomic E-state index is 12.2. The molecule has 0 fully saturated rings. The van der Waals surface area contributed by atoms with Crippen LogP contribution in [-0.4, -0.2) is 4.01 Å². The summed E-state index contributed by atoms with van der Waals surface area (Å²) in [5.74, 6) is -0.103. The predicted octanol–water partition coefficient (Wildman–Crippen LogP) is 2.53. The highest BCUT2D eigenvalue weighted by Gasteiger charge is 1.91. The predicted molar refractivity (Wildman–Crippen MR) is 43.0 cm³/mol. The van der Waals surface area contributed by atoms with E-state index >= 15 is 0 Å². The molecule has 0 saturated carbocycles. The third kappa shape index (κ3) is 1.51. The minimum Gasteiger partial charge on any atom is -0.207 e. The first-order chi connectivity index (χ1) is 3.79. The van der Waals surface area contributed by atoms with E-state index in [1.807, 2.05) is 10.9 Å². The van der Waals surface area contributed by atoms with Gasteiger partial charge in [0.25, 0.3) is 0 Å². The Morgan fingerprint density at radius 1 is 1.62 bits per heavy atom. The van der Waals surface area contributed by atoms with Crippen LogP contribution < -0.4 is 0 Å². The molecule has 0 amide bonds. The number of rotatable bonds is 0. The van der Waals surface area contributed by atoms with E-state index in [0.29, 0.717) is 0 Å². The molecule has 0 atom stereocenters. The van der Waals surface area contributed by atoms with Crippen molar-refractivity contribution in [3.63, 3.8) is 0 Å². The molecular weight excluding hydrogens is 218 g/mol. The van der Waals surface area contributed by atoms with E-state index in [2.05, 4.69) is 0 Å². The Hall–Kier alpha value is 0.01000. The second kappa shape index (κ2) is 2.53. The van der Waals surface area contributed by atoms with Crippen LogP contribution in [0.1, 0.15) is 6.92 Å². The molecule has 1 aliphatic rings. The summed E-state index contributed by atoms with van der Waals surface area (Å²) in [6.45, 7) is 1.97. The van der Waals surface area contributed by atoms with Crippen molar-refractivity contribution in [1.82, 2.24) is 0 Å². The second-order valence-corrected chi connectivity index (χ2v) is 4.56. The molecule has 1 aliphatic heterocycles. The highest BCUT2D eigenvalue weighted by Crippen LogP contribution is 2.19. The van der Waals surface area contributed by atoms with E-state index in [9.17, 15) is 4.39 Å². The molecule has 0 aromatic rings. The summed E-state index contributed by atoms with van der Waals surface area (Å²) >= 11 is 0.0445. The van der Waals surface area contributed by atoms with E-state index in [0.717, 1.165) is 0 Å². The lowest BCUT2D eigenvalue weighted by molar-refractivity contribution is 0.668. The number of allylic oxidation sites excluding steroid dienone is 4. The Morgan fingerprint density at radius 2 is 2.38 bits per heavy atom. The van der Waals surface area contributed by atoms with Crippen molar-refractivity contribution in [2.24, 2.45) is 0 Å². The fourth-order valence-electron chi connectivity index (χ4n) is 0.461. The fraction of sp³-hybridized carbons (Fsp3) is 0.167. The molecule has 0 aliphatic carbocycles. The van der Waals surface area contributed by atoms with Crippen molar-refractivity contribution in [2.75, 3.05) is 0 Å². The summed E-state index contributed by atoms with van der Waals surface area (Å²) in [7, 11) is 0. The van der Waals surface area contributed by atoms with Gasteiger partial charge in [0, 0.05) is 0 Å². The van der Waals surface area contributed by atoms with Crippen LogP contribution in [0.15, 0.2) is 21.6 Å². The molecule has 0 unspecified atom stereocenters. The van der Waals surface area contributed by atoms with Crippen LogP contribution in [0.3, 0.4) is 0 Å². The van der Waals surface area contributed by atoms with Crippen molar-refractivity contribution >= 4 is 24.7 Å². The van der Waals surface area contributed by atoms with E-state index in [-0.39, 0.29) is 26.6 Å². The van der Waals surface area contributed by atoms with Gasteiger partial charge in [-0.25, -0.2) is 4.39 Å². The van der Waals surface area contributed by atoms with Gasteiger partial charge in [-0.2, -0.15) is 0 Å². The third-order valence-electron chi connectivity index (χ3n) is 0.794. The minimum atomic E-state index is -0.103. The minimum absolute atomic E-state index is 0.0445. The van der Waals surface area contributed by atoms with Crippen LogP contribution in [0, 0.1) is 0 Å². The lowest BCUT2D eigenvalue weighted by atomic mass is 10.4. The Bertz CT molecular complexity index is 174. The maximum absolute atomic E-state index is 12.2. The summed E-state index contributed by atoms with van der Waals surface area (Å²) in [5.41, 5.74) is 0. The van der Waals surface area contributed by atoms with Gasteiger partial charge in [0.05, 0.1) is 0 Å².